The summed E-state index contributed by atoms with van der Waals surface area (Å²) in [7, 11) is 0. The van der Waals surface area contributed by atoms with Crippen molar-refractivity contribution in [1.82, 2.24) is 20.3 Å². The van der Waals surface area contributed by atoms with E-state index in [9.17, 15) is 0 Å². The molecule has 1 aromatic carbocycles. The molecule has 1 aliphatic heterocycles. The van der Waals surface area contributed by atoms with Crippen LogP contribution in [0.15, 0.2) is 40.0 Å². The number of fused-ring (bicyclic) bond motifs is 1. The van der Waals surface area contributed by atoms with Crippen molar-refractivity contribution in [2.75, 3.05) is 13.1 Å². The second-order valence-electron chi connectivity index (χ2n) is 4.78. The van der Waals surface area contributed by atoms with Gasteiger partial charge in [-0.15, -0.1) is 0 Å². The van der Waals surface area contributed by atoms with Gasteiger partial charge in [0.05, 0.1) is 23.6 Å². The summed E-state index contributed by atoms with van der Waals surface area (Å²) in [4.78, 5) is 4.41. The monoisotopic (exact) mass is 301 g/mol. The van der Waals surface area contributed by atoms with Gasteiger partial charge in [-0.1, -0.05) is 28.9 Å². The molecule has 3 aromatic rings. The molecule has 0 amide bonds. The minimum absolute atomic E-state index is 0.568. The first kappa shape index (κ1) is 12.4. The van der Waals surface area contributed by atoms with Gasteiger partial charge >= 0.3 is 0 Å². The van der Waals surface area contributed by atoms with E-state index < -0.39 is 0 Å². The van der Waals surface area contributed by atoms with Crippen molar-refractivity contribution in [3.05, 3.63) is 35.6 Å². The first-order valence-electron chi connectivity index (χ1n) is 6.66. The van der Waals surface area contributed by atoms with E-state index in [1.807, 2.05) is 22.9 Å². The zero-order valence-corrected chi connectivity index (χ0v) is 11.8. The van der Waals surface area contributed by atoms with E-state index in [2.05, 4.69) is 20.6 Å². The summed E-state index contributed by atoms with van der Waals surface area (Å²) in [6.45, 7) is 2.24. The summed E-state index contributed by atoms with van der Waals surface area (Å²) in [6.07, 6.45) is 1.54. The van der Waals surface area contributed by atoms with Crippen molar-refractivity contribution in [1.29, 1.82) is 0 Å². The van der Waals surface area contributed by atoms with Crippen LogP contribution in [0.2, 0.25) is 5.02 Å². The highest BCUT2D eigenvalue weighted by molar-refractivity contribution is 6.35. The summed E-state index contributed by atoms with van der Waals surface area (Å²) < 4.78 is 6.78. The van der Waals surface area contributed by atoms with E-state index in [0.29, 0.717) is 17.3 Å². The normalized spacial score (nSPS) is 14.4. The zero-order valence-electron chi connectivity index (χ0n) is 11.1. The number of hydrogen-bond donors (Lipinski definition) is 1. The maximum absolute atomic E-state index is 6.36. The lowest BCUT2D eigenvalue weighted by Crippen LogP contribution is -2.24. The minimum atomic E-state index is 0.568. The number of nitrogens with one attached hydrogen (secondary N) is 1. The number of rotatable bonds is 3. The average molecular weight is 302 g/mol. The summed E-state index contributed by atoms with van der Waals surface area (Å²) >= 11 is 6.36. The summed E-state index contributed by atoms with van der Waals surface area (Å²) in [6, 6.07) is 7.54. The Labute approximate surface area is 125 Å². The van der Waals surface area contributed by atoms with Crippen molar-refractivity contribution < 1.29 is 4.52 Å². The molecule has 7 heteroatoms. The lowest BCUT2D eigenvalue weighted by atomic mass is 10.2. The molecule has 0 radical (unpaired) electrons. The molecule has 0 bridgehead atoms. The molecule has 0 fully saturated rings. The van der Waals surface area contributed by atoms with Gasteiger partial charge in [-0.2, -0.15) is 5.10 Å². The third-order valence-corrected chi connectivity index (χ3v) is 3.75. The number of amidine groups is 1. The Morgan fingerprint density at radius 3 is 3.05 bits per heavy atom. The van der Waals surface area contributed by atoms with Gasteiger partial charge in [-0.25, -0.2) is 0 Å². The predicted molar refractivity (Wildman–Crippen MR) is 80.5 cm³/mol. The molecule has 4 rings (SSSR count). The first-order chi connectivity index (χ1) is 10.3. The van der Waals surface area contributed by atoms with Crippen LogP contribution in [-0.2, 0) is 6.54 Å². The third kappa shape index (κ3) is 2.08. The predicted octanol–water partition coefficient (Wildman–Crippen LogP) is 2.35. The fourth-order valence-corrected chi connectivity index (χ4v) is 2.80. The third-order valence-electron chi connectivity index (χ3n) is 3.44. The summed E-state index contributed by atoms with van der Waals surface area (Å²) in [5.74, 6) is 0.922. The minimum Gasteiger partial charge on any atom is -0.370 e. The van der Waals surface area contributed by atoms with E-state index in [1.165, 1.54) is 6.26 Å². The first-order valence-corrected chi connectivity index (χ1v) is 7.04. The molecule has 1 aliphatic rings. The highest BCUT2D eigenvalue weighted by Gasteiger charge is 2.18. The standard InChI is InChI=1S/C14H12ClN5O/c15-10-3-1-2-9-13(11-4-7-21-19-11)18-20(14(9)10)8-12-16-5-6-17-12/h1-4,7H,5-6,8H2,(H,16,17). The molecule has 2 aromatic heterocycles. The van der Waals surface area contributed by atoms with E-state index in [4.69, 9.17) is 16.1 Å². The lowest BCUT2D eigenvalue weighted by Gasteiger charge is -2.05. The van der Waals surface area contributed by atoms with E-state index in [-0.39, 0.29) is 0 Å². The van der Waals surface area contributed by atoms with Gasteiger partial charge in [0.2, 0.25) is 0 Å². The molecule has 0 spiro atoms. The van der Waals surface area contributed by atoms with Gasteiger partial charge < -0.3 is 9.84 Å². The molecule has 106 valence electrons. The molecule has 3 heterocycles. The van der Waals surface area contributed by atoms with E-state index in [1.54, 1.807) is 6.07 Å². The highest BCUT2D eigenvalue weighted by atomic mass is 35.5. The van der Waals surface area contributed by atoms with Gasteiger partial charge in [0.15, 0.2) is 0 Å². The second kappa shape index (κ2) is 4.89. The Hall–Kier alpha value is -2.34. The van der Waals surface area contributed by atoms with Crippen LogP contribution in [0, 0.1) is 0 Å². The molecular formula is C14H12ClN5O. The van der Waals surface area contributed by atoms with Gasteiger partial charge in [0.1, 0.15) is 23.5 Å². The van der Waals surface area contributed by atoms with Crippen molar-refractivity contribution >= 4 is 28.3 Å². The molecule has 0 saturated carbocycles. The van der Waals surface area contributed by atoms with Crippen LogP contribution in [0.1, 0.15) is 0 Å². The average Bonchev–Trinajstić information content (AvgIpc) is 3.19. The summed E-state index contributed by atoms with van der Waals surface area (Å²) in [5.41, 5.74) is 2.34. The number of hydrogen-bond acceptors (Lipinski definition) is 5. The Bertz CT molecular complexity index is 821. The van der Waals surface area contributed by atoms with Crippen LogP contribution in [0.25, 0.3) is 22.3 Å². The van der Waals surface area contributed by atoms with Crippen molar-refractivity contribution in [3.8, 4) is 11.4 Å². The SMILES string of the molecule is Clc1cccc2c(-c3ccon3)nn(CC3=NCCN3)c12. The lowest BCUT2D eigenvalue weighted by molar-refractivity contribution is 0.422. The maximum Gasteiger partial charge on any atom is 0.134 e. The topological polar surface area (TPSA) is 68.2 Å². The number of benzene rings is 1. The number of aliphatic imine (C=N–C) groups is 1. The number of halogens is 1. The van der Waals surface area contributed by atoms with Crippen molar-refractivity contribution in [2.45, 2.75) is 6.54 Å². The zero-order chi connectivity index (χ0) is 14.2. The highest BCUT2D eigenvalue weighted by Crippen LogP contribution is 2.31. The quantitative estimate of drug-likeness (QED) is 0.806. The molecule has 1 N–H and O–H groups in total. The van der Waals surface area contributed by atoms with Crippen molar-refractivity contribution in [3.63, 3.8) is 0 Å². The number of nitrogens with zero attached hydrogens (tertiary/aromatic N) is 4. The maximum atomic E-state index is 6.36. The van der Waals surface area contributed by atoms with Crippen LogP contribution < -0.4 is 5.32 Å². The number of para-hydroxylation sites is 1. The van der Waals surface area contributed by atoms with Crippen molar-refractivity contribution in [2.24, 2.45) is 4.99 Å². The van der Waals surface area contributed by atoms with Crippen LogP contribution in [0.3, 0.4) is 0 Å². The van der Waals surface area contributed by atoms with E-state index in [0.717, 1.165) is 35.5 Å². The fraction of sp³-hybridized carbons (Fsp3) is 0.214. The second-order valence-corrected chi connectivity index (χ2v) is 5.19. The molecular weight excluding hydrogens is 290 g/mol. The summed E-state index contributed by atoms with van der Waals surface area (Å²) in [5, 5.41) is 13.5. The smallest absolute Gasteiger partial charge is 0.134 e. The Balaban J connectivity index is 1.90. The molecule has 0 aliphatic carbocycles. The molecule has 21 heavy (non-hydrogen) atoms. The van der Waals surface area contributed by atoms with Crippen LogP contribution in [0.5, 0.6) is 0 Å². The van der Waals surface area contributed by atoms with E-state index >= 15 is 0 Å². The Morgan fingerprint density at radius 1 is 1.33 bits per heavy atom. The molecule has 0 unspecified atom stereocenters. The molecule has 0 saturated heterocycles. The largest absolute Gasteiger partial charge is 0.370 e. The molecule has 0 atom stereocenters. The van der Waals surface area contributed by atoms with Crippen LogP contribution in [0.4, 0.5) is 0 Å². The van der Waals surface area contributed by atoms with Crippen LogP contribution in [-0.4, -0.2) is 33.9 Å². The Morgan fingerprint density at radius 2 is 2.29 bits per heavy atom. The van der Waals surface area contributed by atoms with Gasteiger partial charge in [-0.3, -0.25) is 9.67 Å². The van der Waals surface area contributed by atoms with Gasteiger partial charge in [0, 0.05) is 18.0 Å². The van der Waals surface area contributed by atoms with Gasteiger partial charge in [-0.05, 0) is 6.07 Å². The molecule has 6 nitrogen and oxygen atoms in total. The number of aromatic nitrogens is 3. The Kier molecular flexibility index (Phi) is 2.89. The van der Waals surface area contributed by atoms with Gasteiger partial charge in [0.25, 0.3) is 0 Å². The fourth-order valence-electron chi connectivity index (χ4n) is 2.53. The van der Waals surface area contributed by atoms with Crippen LogP contribution >= 0.6 is 11.6 Å².